The zero-order valence-corrected chi connectivity index (χ0v) is 14.6. The van der Waals surface area contributed by atoms with Gasteiger partial charge in [-0.3, -0.25) is 9.69 Å². The second-order valence-corrected chi connectivity index (χ2v) is 7.28. The summed E-state index contributed by atoms with van der Waals surface area (Å²) < 4.78 is 0. The second kappa shape index (κ2) is 6.82. The fourth-order valence-electron chi connectivity index (χ4n) is 3.50. The number of nitriles is 1. The molecule has 1 atom stereocenters. The first-order valence-corrected chi connectivity index (χ1v) is 8.79. The van der Waals surface area contributed by atoms with Gasteiger partial charge in [-0.2, -0.15) is 5.26 Å². The van der Waals surface area contributed by atoms with Gasteiger partial charge in [0.05, 0.1) is 11.6 Å². The molecule has 1 saturated heterocycles. The van der Waals surface area contributed by atoms with Crippen LogP contribution in [0.1, 0.15) is 42.9 Å². The number of nitrogen functional groups attached to an aromatic ring is 1. The third-order valence-corrected chi connectivity index (χ3v) is 5.27. The molecule has 0 bridgehead atoms. The summed E-state index contributed by atoms with van der Waals surface area (Å²) in [7, 11) is 0. The standard InChI is InChI=1S/C19H26N4O/c1-13-11-22(5-6-23(13)19(24)9-15-3-4-15)12-17-7-16(10-20)8-18(21)14(17)2/h7-8,13,15H,3-6,9,11-12,21H2,1-2H3. The summed E-state index contributed by atoms with van der Waals surface area (Å²) in [5, 5.41) is 9.13. The predicted octanol–water partition coefficient (Wildman–Crippen LogP) is 2.28. The number of hydrogen-bond acceptors (Lipinski definition) is 4. The molecule has 1 aliphatic carbocycles. The molecule has 24 heavy (non-hydrogen) atoms. The first-order chi connectivity index (χ1) is 11.5. The van der Waals surface area contributed by atoms with E-state index in [0.717, 1.165) is 43.7 Å². The number of amides is 1. The van der Waals surface area contributed by atoms with Gasteiger partial charge in [0, 0.05) is 44.3 Å². The van der Waals surface area contributed by atoms with E-state index >= 15 is 0 Å². The summed E-state index contributed by atoms with van der Waals surface area (Å²) in [6.07, 6.45) is 3.16. The monoisotopic (exact) mass is 326 g/mol. The fourth-order valence-corrected chi connectivity index (χ4v) is 3.50. The summed E-state index contributed by atoms with van der Waals surface area (Å²) in [5.74, 6) is 0.957. The highest BCUT2D eigenvalue weighted by Gasteiger charge is 2.31. The molecule has 3 rings (SSSR count). The maximum atomic E-state index is 12.4. The molecule has 1 unspecified atom stereocenters. The third kappa shape index (κ3) is 3.70. The Morgan fingerprint density at radius 3 is 2.75 bits per heavy atom. The van der Waals surface area contributed by atoms with E-state index in [1.807, 2.05) is 17.9 Å². The van der Waals surface area contributed by atoms with Gasteiger partial charge >= 0.3 is 0 Å². The number of nitrogens with zero attached hydrogens (tertiary/aromatic N) is 3. The fraction of sp³-hybridized carbons (Fsp3) is 0.579. The van der Waals surface area contributed by atoms with Crippen molar-refractivity contribution in [1.82, 2.24) is 9.80 Å². The Balaban J connectivity index is 1.63. The molecule has 0 aromatic heterocycles. The summed E-state index contributed by atoms with van der Waals surface area (Å²) in [5.41, 5.74) is 9.47. The van der Waals surface area contributed by atoms with Gasteiger partial charge in [0.1, 0.15) is 0 Å². The van der Waals surface area contributed by atoms with Crippen LogP contribution in [0.25, 0.3) is 0 Å². The maximum absolute atomic E-state index is 12.4. The number of rotatable bonds is 4. The average Bonchev–Trinajstić information content (AvgIpc) is 3.35. The van der Waals surface area contributed by atoms with Crippen LogP contribution in [0.15, 0.2) is 12.1 Å². The largest absolute Gasteiger partial charge is 0.398 e. The van der Waals surface area contributed by atoms with E-state index in [2.05, 4.69) is 17.9 Å². The molecule has 0 radical (unpaired) electrons. The minimum absolute atomic E-state index is 0.238. The number of hydrogen-bond donors (Lipinski definition) is 1. The van der Waals surface area contributed by atoms with Crippen molar-refractivity contribution in [3.05, 3.63) is 28.8 Å². The molecule has 1 aliphatic heterocycles. The molecular weight excluding hydrogens is 300 g/mol. The van der Waals surface area contributed by atoms with Crippen molar-refractivity contribution >= 4 is 11.6 Å². The summed E-state index contributed by atoms with van der Waals surface area (Å²) in [4.78, 5) is 16.8. The van der Waals surface area contributed by atoms with Gasteiger partial charge in [-0.1, -0.05) is 0 Å². The van der Waals surface area contributed by atoms with Crippen LogP contribution in [0.2, 0.25) is 0 Å². The predicted molar refractivity (Wildman–Crippen MR) is 94.1 cm³/mol. The van der Waals surface area contributed by atoms with Crippen LogP contribution in [-0.2, 0) is 11.3 Å². The van der Waals surface area contributed by atoms with Crippen molar-refractivity contribution in [1.29, 1.82) is 5.26 Å². The lowest BCUT2D eigenvalue weighted by molar-refractivity contribution is -0.136. The van der Waals surface area contributed by atoms with Crippen molar-refractivity contribution in [2.75, 3.05) is 25.4 Å². The molecule has 1 heterocycles. The molecule has 1 saturated carbocycles. The molecule has 5 nitrogen and oxygen atoms in total. The quantitative estimate of drug-likeness (QED) is 0.862. The Labute approximate surface area is 144 Å². The lowest BCUT2D eigenvalue weighted by Gasteiger charge is -2.40. The summed E-state index contributed by atoms with van der Waals surface area (Å²) in [6.45, 7) is 7.44. The van der Waals surface area contributed by atoms with Crippen molar-refractivity contribution in [3.63, 3.8) is 0 Å². The Morgan fingerprint density at radius 2 is 2.12 bits per heavy atom. The smallest absolute Gasteiger partial charge is 0.223 e. The lowest BCUT2D eigenvalue weighted by atomic mass is 10.0. The number of benzene rings is 1. The highest BCUT2D eigenvalue weighted by molar-refractivity contribution is 5.77. The van der Waals surface area contributed by atoms with Gasteiger partial charge < -0.3 is 10.6 Å². The highest BCUT2D eigenvalue weighted by atomic mass is 16.2. The zero-order valence-electron chi connectivity index (χ0n) is 14.6. The highest BCUT2D eigenvalue weighted by Crippen LogP contribution is 2.33. The van der Waals surface area contributed by atoms with Crippen LogP contribution < -0.4 is 5.73 Å². The Bertz CT molecular complexity index is 675. The van der Waals surface area contributed by atoms with Crippen LogP contribution in [0.3, 0.4) is 0 Å². The first kappa shape index (κ1) is 16.8. The van der Waals surface area contributed by atoms with Gasteiger partial charge in [-0.25, -0.2) is 0 Å². The normalized spacial score (nSPS) is 21.5. The molecule has 1 aromatic carbocycles. The minimum Gasteiger partial charge on any atom is -0.398 e. The molecule has 2 aliphatic rings. The van der Waals surface area contributed by atoms with E-state index in [1.54, 1.807) is 6.07 Å². The van der Waals surface area contributed by atoms with Crippen LogP contribution in [0, 0.1) is 24.2 Å². The minimum atomic E-state index is 0.238. The number of nitrogens with two attached hydrogens (primary N) is 1. The number of carbonyl (C=O) groups excluding carboxylic acids is 1. The molecule has 2 fully saturated rings. The van der Waals surface area contributed by atoms with Gasteiger partial charge in [0.15, 0.2) is 0 Å². The summed E-state index contributed by atoms with van der Waals surface area (Å²) in [6, 6.07) is 6.08. The van der Waals surface area contributed by atoms with E-state index in [1.165, 1.54) is 12.8 Å². The van der Waals surface area contributed by atoms with E-state index < -0.39 is 0 Å². The third-order valence-electron chi connectivity index (χ3n) is 5.27. The zero-order chi connectivity index (χ0) is 17.3. The number of piperazine rings is 1. The van der Waals surface area contributed by atoms with Crippen molar-refractivity contribution in [2.45, 2.75) is 45.7 Å². The van der Waals surface area contributed by atoms with Gasteiger partial charge in [0.2, 0.25) is 5.91 Å². The Morgan fingerprint density at radius 1 is 1.38 bits per heavy atom. The average molecular weight is 326 g/mol. The van der Waals surface area contributed by atoms with Crippen molar-refractivity contribution in [2.24, 2.45) is 5.92 Å². The van der Waals surface area contributed by atoms with Gasteiger partial charge in [-0.15, -0.1) is 0 Å². The van der Waals surface area contributed by atoms with Crippen LogP contribution >= 0.6 is 0 Å². The van der Waals surface area contributed by atoms with Gasteiger partial charge in [-0.05, 0) is 55.9 Å². The number of carbonyl (C=O) groups is 1. The molecule has 2 N–H and O–H groups in total. The van der Waals surface area contributed by atoms with E-state index in [-0.39, 0.29) is 6.04 Å². The molecule has 5 heteroatoms. The number of anilines is 1. The molecule has 0 spiro atoms. The first-order valence-electron chi connectivity index (χ1n) is 8.79. The Hall–Kier alpha value is -2.06. The topological polar surface area (TPSA) is 73.4 Å². The SMILES string of the molecule is Cc1c(N)cc(C#N)cc1CN1CCN(C(=O)CC2CC2)C(C)C1. The summed E-state index contributed by atoms with van der Waals surface area (Å²) >= 11 is 0. The van der Waals surface area contributed by atoms with Crippen LogP contribution in [-0.4, -0.2) is 41.4 Å². The van der Waals surface area contributed by atoms with Crippen molar-refractivity contribution in [3.8, 4) is 6.07 Å². The molecule has 128 valence electrons. The second-order valence-electron chi connectivity index (χ2n) is 7.28. The van der Waals surface area contributed by atoms with E-state index in [0.29, 0.717) is 23.1 Å². The molecule has 1 amide bonds. The van der Waals surface area contributed by atoms with E-state index in [9.17, 15) is 4.79 Å². The van der Waals surface area contributed by atoms with Crippen molar-refractivity contribution < 1.29 is 4.79 Å². The van der Waals surface area contributed by atoms with Crippen LogP contribution in [0.5, 0.6) is 0 Å². The maximum Gasteiger partial charge on any atom is 0.223 e. The van der Waals surface area contributed by atoms with Crippen LogP contribution in [0.4, 0.5) is 5.69 Å². The Kier molecular flexibility index (Phi) is 4.77. The lowest BCUT2D eigenvalue weighted by Crippen LogP contribution is -2.53. The molecular formula is C19H26N4O. The molecule has 1 aromatic rings. The van der Waals surface area contributed by atoms with Gasteiger partial charge in [0.25, 0.3) is 0 Å². The van der Waals surface area contributed by atoms with E-state index in [4.69, 9.17) is 11.0 Å².